The van der Waals surface area contributed by atoms with Gasteiger partial charge in [-0.2, -0.15) is 0 Å². The van der Waals surface area contributed by atoms with Crippen LogP contribution < -0.4 is 20.5 Å². The second-order valence-corrected chi connectivity index (χ2v) is 10.5. The molecular formula is C31H35N3O5S. The zero-order chi connectivity index (χ0) is 28.8. The molecular weight excluding hydrogens is 526 g/mol. The zero-order valence-electron chi connectivity index (χ0n) is 22.4. The van der Waals surface area contributed by atoms with Crippen LogP contribution in [0.15, 0.2) is 108 Å². The van der Waals surface area contributed by atoms with Crippen molar-refractivity contribution in [3.8, 4) is 11.5 Å². The van der Waals surface area contributed by atoms with Gasteiger partial charge in [0.25, 0.3) is 0 Å². The predicted octanol–water partition coefficient (Wildman–Crippen LogP) is 6.01. The van der Waals surface area contributed by atoms with E-state index in [0.717, 1.165) is 32.0 Å². The Labute approximate surface area is 235 Å². The van der Waals surface area contributed by atoms with Crippen molar-refractivity contribution in [2.45, 2.75) is 37.8 Å². The number of hydrogen-bond acceptors (Lipinski definition) is 6. The van der Waals surface area contributed by atoms with Gasteiger partial charge in [-0.15, -0.1) is 0 Å². The summed E-state index contributed by atoms with van der Waals surface area (Å²) in [6.07, 6.45) is 1.75. The highest BCUT2D eigenvalue weighted by Gasteiger charge is 2.23. The maximum absolute atomic E-state index is 12.0. The van der Waals surface area contributed by atoms with Crippen LogP contribution in [0.1, 0.15) is 41.3 Å². The van der Waals surface area contributed by atoms with Crippen LogP contribution in [0.25, 0.3) is 0 Å². The van der Waals surface area contributed by atoms with Crippen molar-refractivity contribution in [3.05, 3.63) is 120 Å². The number of hydrogen-bond donors (Lipinski definition) is 4. The van der Waals surface area contributed by atoms with E-state index in [1.54, 1.807) is 30.3 Å². The fourth-order valence-corrected chi connectivity index (χ4v) is 4.42. The van der Waals surface area contributed by atoms with Gasteiger partial charge in [0, 0.05) is 19.6 Å². The summed E-state index contributed by atoms with van der Waals surface area (Å²) in [5.41, 5.74) is 2.73. The number of sulfonamides is 1. The average molecular weight is 562 g/mol. The van der Waals surface area contributed by atoms with E-state index in [0.29, 0.717) is 12.3 Å². The maximum Gasteiger partial charge on any atom is 0.335 e. The summed E-state index contributed by atoms with van der Waals surface area (Å²) < 4.78 is 29.7. The molecule has 5 N–H and O–H groups in total. The number of unbranched alkanes of at least 4 members (excludes halogenated alkanes) is 1. The third kappa shape index (κ3) is 9.85. The van der Waals surface area contributed by atoms with Gasteiger partial charge in [-0.25, -0.2) is 18.4 Å². The minimum absolute atomic E-state index is 0.0187. The molecule has 9 heteroatoms. The van der Waals surface area contributed by atoms with E-state index < -0.39 is 16.0 Å². The van der Waals surface area contributed by atoms with Crippen LogP contribution in [0.4, 0.5) is 5.69 Å². The van der Waals surface area contributed by atoms with Crippen molar-refractivity contribution >= 4 is 21.7 Å². The van der Waals surface area contributed by atoms with E-state index >= 15 is 0 Å². The molecule has 210 valence electrons. The normalized spacial score (nSPS) is 10.8. The number of carboxylic acids is 1. The van der Waals surface area contributed by atoms with Crippen molar-refractivity contribution in [2.24, 2.45) is 5.14 Å². The first-order chi connectivity index (χ1) is 19.3. The van der Waals surface area contributed by atoms with Crippen molar-refractivity contribution in [2.75, 3.05) is 11.9 Å². The van der Waals surface area contributed by atoms with Gasteiger partial charge in [0.05, 0.1) is 11.3 Å². The Bertz CT molecular complexity index is 1410. The van der Waals surface area contributed by atoms with Crippen molar-refractivity contribution in [1.29, 1.82) is 0 Å². The second kappa shape index (κ2) is 15.4. The molecule has 0 spiro atoms. The molecule has 0 amide bonds. The number of nitrogens with one attached hydrogen (secondary N) is 2. The average Bonchev–Trinajstić information content (AvgIpc) is 2.95. The highest BCUT2D eigenvalue weighted by atomic mass is 32.2. The number of primary sulfonamides is 1. The van der Waals surface area contributed by atoms with Gasteiger partial charge in [-0.05, 0) is 41.8 Å². The van der Waals surface area contributed by atoms with Gasteiger partial charge in [-0.1, -0.05) is 92.2 Å². The quantitative estimate of drug-likeness (QED) is 0.156. The van der Waals surface area contributed by atoms with Crippen LogP contribution in [0.5, 0.6) is 11.5 Å². The third-order valence-corrected chi connectivity index (χ3v) is 6.68. The van der Waals surface area contributed by atoms with Gasteiger partial charge in [-0.3, -0.25) is 0 Å². The molecule has 8 nitrogen and oxygen atoms in total. The van der Waals surface area contributed by atoms with E-state index in [4.69, 9.17) is 9.88 Å². The number of nitrogens with two attached hydrogens (primary N) is 1. The summed E-state index contributed by atoms with van der Waals surface area (Å²) in [5.74, 6) is -0.862. The van der Waals surface area contributed by atoms with Crippen molar-refractivity contribution in [3.63, 3.8) is 0 Å². The number of para-hydroxylation sites is 1. The molecule has 4 aromatic rings. The first-order valence-corrected chi connectivity index (χ1v) is 14.5. The first-order valence-electron chi connectivity index (χ1n) is 13.0. The topological polar surface area (TPSA) is 131 Å². The highest BCUT2D eigenvalue weighted by molar-refractivity contribution is 7.89. The summed E-state index contributed by atoms with van der Waals surface area (Å²) in [6.45, 7) is 4.40. The van der Waals surface area contributed by atoms with Crippen LogP contribution in [0.3, 0.4) is 0 Å². The standard InChI is InChI=1S/C17H20N2O5S.C14H15N/c1-2-3-9-19-14-10-12(17(20)21)11-15(25(18,22)23)16(14)24-13-7-5-4-6-8-13;1-3-7-13(8-4-1)11-15-12-14-9-5-2-6-10-14/h4-8,10-11,19H,2-3,9H2,1H3,(H,20,21)(H2,18,22,23);1-10,15H,11-12H2. The Hall–Kier alpha value is -4.18. The fourth-order valence-electron chi connectivity index (χ4n) is 3.72. The molecule has 0 aromatic heterocycles. The van der Waals surface area contributed by atoms with E-state index in [1.807, 2.05) is 19.1 Å². The molecule has 4 rings (SSSR count). The molecule has 0 atom stereocenters. The molecule has 0 aliphatic carbocycles. The van der Waals surface area contributed by atoms with E-state index in [9.17, 15) is 18.3 Å². The van der Waals surface area contributed by atoms with Crippen molar-refractivity contribution < 1.29 is 23.1 Å². The van der Waals surface area contributed by atoms with Crippen LogP contribution in [-0.4, -0.2) is 26.0 Å². The molecule has 0 fully saturated rings. The number of carboxylic acid groups (broad SMARTS) is 1. The van der Waals surface area contributed by atoms with Crippen LogP contribution in [0, 0.1) is 0 Å². The lowest BCUT2D eigenvalue weighted by Gasteiger charge is -2.17. The molecule has 0 saturated heterocycles. The second-order valence-electron chi connectivity index (χ2n) is 8.97. The maximum atomic E-state index is 12.0. The molecule has 0 unspecified atom stereocenters. The number of rotatable bonds is 12. The Balaban J connectivity index is 0.000000249. The van der Waals surface area contributed by atoms with E-state index in [-0.39, 0.29) is 21.9 Å². The minimum Gasteiger partial charge on any atom is -0.478 e. The predicted molar refractivity (Wildman–Crippen MR) is 158 cm³/mol. The lowest BCUT2D eigenvalue weighted by molar-refractivity contribution is 0.0696. The summed E-state index contributed by atoms with van der Waals surface area (Å²) in [7, 11) is -4.19. The van der Waals surface area contributed by atoms with Gasteiger partial charge in [0.2, 0.25) is 10.0 Å². The summed E-state index contributed by atoms with van der Waals surface area (Å²) in [6, 6.07) is 31.8. The molecule has 0 saturated carbocycles. The number of benzene rings is 4. The Morgan fingerprint density at radius 3 is 1.85 bits per heavy atom. The number of ether oxygens (including phenoxy) is 1. The SMILES string of the molecule is CCCCNc1cc(C(=O)O)cc(S(N)(=O)=O)c1Oc1ccccc1.c1ccc(CNCc2ccccc2)cc1. The molecule has 4 aromatic carbocycles. The van der Waals surface area contributed by atoms with Gasteiger partial charge in [0.1, 0.15) is 10.6 Å². The van der Waals surface area contributed by atoms with Crippen LogP contribution >= 0.6 is 0 Å². The molecule has 0 heterocycles. The summed E-state index contributed by atoms with van der Waals surface area (Å²) in [4.78, 5) is 10.9. The summed E-state index contributed by atoms with van der Waals surface area (Å²) >= 11 is 0. The lowest BCUT2D eigenvalue weighted by Crippen LogP contribution is -2.16. The Morgan fingerprint density at radius 2 is 1.38 bits per heavy atom. The zero-order valence-corrected chi connectivity index (χ0v) is 23.2. The molecule has 0 aliphatic heterocycles. The van der Waals surface area contributed by atoms with Gasteiger partial charge in [0.15, 0.2) is 5.75 Å². The minimum atomic E-state index is -4.19. The largest absolute Gasteiger partial charge is 0.478 e. The monoisotopic (exact) mass is 561 g/mol. The molecule has 40 heavy (non-hydrogen) atoms. The first kappa shape index (κ1) is 30.4. The Kier molecular flexibility index (Phi) is 11.7. The van der Waals surface area contributed by atoms with E-state index in [2.05, 4.69) is 59.2 Å². The number of carbonyl (C=O) groups is 1. The van der Waals surface area contributed by atoms with Gasteiger partial charge >= 0.3 is 5.97 Å². The van der Waals surface area contributed by atoms with Crippen molar-refractivity contribution in [1.82, 2.24) is 5.32 Å². The van der Waals surface area contributed by atoms with Gasteiger partial charge < -0.3 is 20.5 Å². The third-order valence-electron chi connectivity index (χ3n) is 5.76. The molecule has 0 radical (unpaired) electrons. The Morgan fingerprint density at radius 1 is 0.850 bits per heavy atom. The molecule has 0 aliphatic rings. The highest BCUT2D eigenvalue weighted by Crippen LogP contribution is 2.37. The lowest BCUT2D eigenvalue weighted by atomic mass is 10.1. The van der Waals surface area contributed by atoms with E-state index in [1.165, 1.54) is 17.2 Å². The smallest absolute Gasteiger partial charge is 0.335 e. The van der Waals surface area contributed by atoms with Crippen LogP contribution in [0.2, 0.25) is 0 Å². The fraction of sp³-hybridized carbons (Fsp3) is 0.194. The number of anilines is 1. The molecule has 0 bridgehead atoms. The number of aromatic carboxylic acids is 1. The summed E-state index contributed by atoms with van der Waals surface area (Å²) in [5, 5.41) is 21.0. The van der Waals surface area contributed by atoms with Crippen LogP contribution in [-0.2, 0) is 23.1 Å².